The molecule has 0 bridgehead atoms. The predicted molar refractivity (Wildman–Crippen MR) is 56.1 cm³/mol. The smallest absolute Gasteiger partial charge is 4.00 e. The molecule has 0 aromatic rings. The molecular formula is H6Ca3O16P4Zr3. The molecule has 0 radical (unpaired) electrons. The van der Waals surface area contributed by atoms with Gasteiger partial charge in [-0.2, -0.15) is 31.3 Å². The topological polar surface area (TPSA) is 345 Å². The maximum atomic E-state index is 8.55. The van der Waals surface area contributed by atoms with Gasteiger partial charge in [-0.3, -0.25) is 0 Å². The summed E-state index contributed by atoms with van der Waals surface area (Å²) in [5, 5.41) is 0. The maximum Gasteiger partial charge on any atom is 4.00 e. The molecule has 140 valence electrons. The third-order valence-electron chi connectivity index (χ3n) is 0. The van der Waals surface area contributed by atoms with Gasteiger partial charge in [0.25, 0.3) is 0 Å². The largest absolute Gasteiger partial charge is 4.00 e. The number of hydrogen-bond acceptors (Lipinski definition) is 16. The van der Waals surface area contributed by atoms with Crippen molar-refractivity contribution in [2.75, 3.05) is 0 Å². The second kappa shape index (κ2) is 31.9. The molecule has 0 aliphatic carbocycles. The fourth-order valence-corrected chi connectivity index (χ4v) is 0. The number of rotatable bonds is 0. The molecule has 26 heteroatoms. The predicted octanol–water partition coefficient (Wildman–Crippen LogP) is -14.1. The Balaban J connectivity index is -0.0000000152. The average molecular weight is 780 g/mol. The van der Waals surface area contributed by atoms with E-state index in [1.54, 1.807) is 0 Å². The first-order valence-electron chi connectivity index (χ1n) is 2.92. The molecular weight excluding hydrogens is 774 g/mol. The van der Waals surface area contributed by atoms with Gasteiger partial charge < -0.3 is 77.0 Å². The Morgan fingerprint density at radius 2 is 0.308 bits per heavy atom. The Labute approximate surface area is 293 Å². The van der Waals surface area contributed by atoms with E-state index in [0.717, 1.165) is 0 Å². The summed E-state index contributed by atoms with van der Waals surface area (Å²) in [5.41, 5.74) is 0. The summed E-state index contributed by atoms with van der Waals surface area (Å²) in [7, 11) is -21.6. The molecule has 0 rings (SSSR count). The van der Waals surface area contributed by atoms with Crippen LogP contribution in [0.1, 0.15) is 0 Å². The summed E-state index contributed by atoms with van der Waals surface area (Å²) in [6.07, 6.45) is 0. The average Bonchev–Trinajstić information content (AvgIpc) is 1.62. The van der Waals surface area contributed by atoms with Crippen molar-refractivity contribution < 1.29 is 156 Å². The summed E-state index contributed by atoms with van der Waals surface area (Å²) in [6, 6.07) is 0. The first-order chi connectivity index (χ1) is 8.00. The molecule has 0 unspecified atom stereocenters. The van der Waals surface area contributed by atoms with Crippen LogP contribution >= 0.6 is 31.3 Å². The zero-order valence-corrected chi connectivity index (χ0v) is 20.8. The van der Waals surface area contributed by atoms with E-state index in [1.807, 2.05) is 0 Å². The van der Waals surface area contributed by atoms with E-state index in [1.165, 1.54) is 0 Å². The second-order valence-corrected chi connectivity index (χ2v) is 5.37. The Morgan fingerprint density at radius 1 is 0.308 bits per heavy atom. The molecule has 0 atom stereocenters. The normalized spacial score (nSPS) is 9.08. The van der Waals surface area contributed by atoms with Gasteiger partial charge in [0.2, 0.25) is 0 Å². The van der Waals surface area contributed by atoms with Crippen molar-refractivity contribution in [1.29, 1.82) is 0 Å². The molecule has 0 aliphatic heterocycles. The van der Waals surface area contributed by atoms with Gasteiger partial charge >= 0.3 is 192 Å². The Bertz CT molecular complexity index is 305. The minimum Gasteiger partial charge on any atom is 4.00 e. The van der Waals surface area contributed by atoms with E-state index >= 15 is 0 Å². The van der Waals surface area contributed by atoms with Gasteiger partial charge in [0, 0.05) is 0 Å². The third kappa shape index (κ3) is 584. The Morgan fingerprint density at radius 3 is 0.308 bits per heavy atom. The monoisotopic (exact) mass is 775 g/mol. The van der Waals surface area contributed by atoms with Crippen molar-refractivity contribution in [2.45, 2.75) is 0 Å². The molecule has 0 aromatic carbocycles. The van der Waals surface area contributed by atoms with Crippen LogP contribution in [-0.2, 0) is 96.9 Å². The molecule has 0 aliphatic rings. The SMILES string of the molecule is O=P([O-])([O-])[O-].O=P([O-])([O-])[O-].O=P([O-])([O-])[O-].O=P([O-])([O-])[O-].[CaH2].[CaH2].[CaH2].[Zr+4].[Zr+4].[Zr+4]. The van der Waals surface area contributed by atoms with Crippen LogP contribution in [0.2, 0.25) is 0 Å². The molecule has 0 N–H and O–H groups in total. The van der Waals surface area contributed by atoms with Crippen LogP contribution in [0.25, 0.3) is 0 Å². The molecule has 0 fully saturated rings. The molecule has 26 heavy (non-hydrogen) atoms. The van der Waals surface area contributed by atoms with Gasteiger partial charge in [0.05, 0.1) is 0 Å². The second-order valence-electron chi connectivity index (χ2n) is 1.79. The zero-order valence-electron chi connectivity index (χ0n) is 9.82. The van der Waals surface area contributed by atoms with Gasteiger partial charge in [0.1, 0.15) is 0 Å². The minimum atomic E-state index is -5.39. The van der Waals surface area contributed by atoms with Gasteiger partial charge in [-0.1, -0.05) is 0 Å². The Kier molecular flexibility index (Phi) is 78.2. The van der Waals surface area contributed by atoms with E-state index in [-0.39, 0.29) is 192 Å². The summed E-state index contributed by atoms with van der Waals surface area (Å²) in [6.45, 7) is 0. The van der Waals surface area contributed by atoms with Crippen LogP contribution in [0, 0.1) is 0 Å². The molecule has 0 saturated carbocycles. The van der Waals surface area contributed by atoms with E-state index in [4.69, 9.17) is 77.0 Å². The molecule has 16 nitrogen and oxygen atoms in total. The molecule has 0 aromatic heterocycles. The molecule has 0 amide bonds. The summed E-state index contributed by atoms with van der Waals surface area (Å²) in [4.78, 5) is 103. The van der Waals surface area contributed by atoms with Crippen molar-refractivity contribution in [1.82, 2.24) is 0 Å². The summed E-state index contributed by atoms with van der Waals surface area (Å²) in [5.74, 6) is 0. The zero-order chi connectivity index (χ0) is 18.0. The van der Waals surface area contributed by atoms with E-state index in [2.05, 4.69) is 0 Å². The van der Waals surface area contributed by atoms with Crippen molar-refractivity contribution in [3.05, 3.63) is 0 Å². The standard InChI is InChI=1S/3Ca.4H3O4P.3Zr.6H/c;;;4*1-5(2,3)4;;;;;;;;;/h;;;4*(H3,1,2,3,4);;;;;;;;;/q;;;;;;;3*+4;;;;;;/p-12. The third-order valence-corrected chi connectivity index (χ3v) is 0. The van der Waals surface area contributed by atoms with Crippen molar-refractivity contribution in [3.8, 4) is 0 Å². The van der Waals surface area contributed by atoms with Crippen LogP contribution in [-0.4, -0.2) is 113 Å². The first-order valence-corrected chi connectivity index (χ1v) is 8.76. The van der Waals surface area contributed by atoms with Gasteiger partial charge in [-0.25, -0.2) is 0 Å². The van der Waals surface area contributed by atoms with E-state index in [0.29, 0.717) is 0 Å². The van der Waals surface area contributed by atoms with Crippen molar-refractivity contribution in [3.63, 3.8) is 0 Å². The molecule has 0 heterocycles. The first kappa shape index (κ1) is 63.8. The van der Waals surface area contributed by atoms with Gasteiger partial charge in [-0.15, -0.1) is 0 Å². The summed E-state index contributed by atoms with van der Waals surface area (Å²) < 4.78 is 34.2. The number of hydrogen-bond donors (Lipinski definition) is 0. The van der Waals surface area contributed by atoms with Gasteiger partial charge in [0.15, 0.2) is 0 Å². The van der Waals surface area contributed by atoms with Crippen LogP contribution in [0.5, 0.6) is 0 Å². The molecule has 0 saturated heterocycles. The van der Waals surface area contributed by atoms with Crippen LogP contribution in [0.4, 0.5) is 0 Å². The Hall–Kier alpha value is 6.87. The molecule has 0 spiro atoms. The quantitative estimate of drug-likeness (QED) is 0.163. The maximum absolute atomic E-state index is 8.55. The van der Waals surface area contributed by atoms with E-state index < -0.39 is 31.3 Å². The van der Waals surface area contributed by atoms with Crippen LogP contribution in [0.15, 0.2) is 0 Å². The minimum absolute atomic E-state index is 0. The fraction of sp³-hybridized carbons (Fsp3) is 0. The van der Waals surface area contributed by atoms with Crippen molar-refractivity contribution in [2.24, 2.45) is 0 Å². The van der Waals surface area contributed by atoms with Crippen LogP contribution in [0.3, 0.4) is 0 Å². The van der Waals surface area contributed by atoms with E-state index in [9.17, 15) is 0 Å². The fourth-order valence-electron chi connectivity index (χ4n) is 0. The van der Waals surface area contributed by atoms with Crippen LogP contribution < -0.4 is 58.7 Å². The van der Waals surface area contributed by atoms with Crippen molar-refractivity contribution >= 4 is 145 Å². The number of phosphoric acid groups is 4. The summed E-state index contributed by atoms with van der Waals surface area (Å²) >= 11 is 0. The van der Waals surface area contributed by atoms with Gasteiger partial charge in [-0.05, 0) is 0 Å².